The summed E-state index contributed by atoms with van der Waals surface area (Å²) in [6.45, 7) is 8.00. The summed E-state index contributed by atoms with van der Waals surface area (Å²) >= 11 is 1.32. The third-order valence-electron chi connectivity index (χ3n) is 4.37. The molecule has 1 amide bonds. The van der Waals surface area contributed by atoms with Gasteiger partial charge < -0.3 is 11.1 Å². The first-order chi connectivity index (χ1) is 9.81. The first kappa shape index (κ1) is 14.3. The Balaban J connectivity index is 1.99. The van der Waals surface area contributed by atoms with Crippen LogP contribution in [-0.2, 0) is 0 Å². The Morgan fingerprint density at radius 1 is 1.33 bits per heavy atom. The highest BCUT2D eigenvalue weighted by Crippen LogP contribution is 2.40. The average Bonchev–Trinajstić information content (AvgIpc) is 3.19. The molecule has 21 heavy (non-hydrogen) atoms. The number of amides is 1. The second-order valence-electron chi connectivity index (χ2n) is 6.39. The molecule has 0 radical (unpaired) electrons. The Bertz CT molecular complexity index is 731. The number of aryl methyl sites for hydroxylation is 2. The lowest BCUT2D eigenvalue weighted by molar-refractivity contribution is 0.0908. The van der Waals surface area contributed by atoms with E-state index in [4.69, 9.17) is 5.73 Å². The molecular formula is C15H20N4OS. The van der Waals surface area contributed by atoms with Crippen molar-refractivity contribution in [3.8, 4) is 0 Å². The molecule has 3 rings (SSSR count). The molecule has 0 spiro atoms. The highest BCUT2D eigenvalue weighted by molar-refractivity contribution is 7.21. The number of hydrogen-bond acceptors (Lipinski definition) is 5. The van der Waals surface area contributed by atoms with Crippen molar-refractivity contribution in [1.29, 1.82) is 0 Å². The van der Waals surface area contributed by atoms with E-state index in [0.717, 1.165) is 21.5 Å². The first-order valence-corrected chi connectivity index (χ1v) is 7.97. The Morgan fingerprint density at radius 2 is 2.00 bits per heavy atom. The molecule has 1 aliphatic carbocycles. The van der Waals surface area contributed by atoms with Crippen LogP contribution in [0.5, 0.6) is 0 Å². The summed E-state index contributed by atoms with van der Waals surface area (Å²) in [4.78, 5) is 13.8. The van der Waals surface area contributed by atoms with Crippen LogP contribution in [0, 0.1) is 19.8 Å². The van der Waals surface area contributed by atoms with Gasteiger partial charge in [-0.2, -0.15) is 5.10 Å². The fourth-order valence-corrected chi connectivity index (χ4v) is 3.66. The zero-order valence-electron chi connectivity index (χ0n) is 12.8. The SMILES string of the molecule is Cc1nnc2sc(C(=O)NC(C)(C)C3CC3)c(N)c2c1C. The number of anilines is 1. The van der Waals surface area contributed by atoms with Crippen molar-refractivity contribution in [2.75, 3.05) is 5.73 Å². The predicted molar refractivity (Wildman–Crippen MR) is 85.6 cm³/mol. The molecule has 1 fully saturated rings. The molecule has 0 aromatic carbocycles. The number of aromatic nitrogens is 2. The quantitative estimate of drug-likeness (QED) is 0.913. The Hall–Kier alpha value is -1.69. The van der Waals surface area contributed by atoms with Gasteiger partial charge in [0.25, 0.3) is 5.91 Å². The Labute approximate surface area is 127 Å². The van der Waals surface area contributed by atoms with Gasteiger partial charge in [-0.05, 0) is 52.0 Å². The summed E-state index contributed by atoms with van der Waals surface area (Å²) in [6, 6.07) is 0. The third kappa shape index (κ3) is 2.37. The van der Waals surface area contributed by atoms with Gasteiger partial charge in [-0.25, -0.2) is 0 Å². The molecule has 2 aromatic rings. The number of nitrogens with two attached hydrogens (primary N) is 1. The van der Waals surface area contributed by atoms with Crippen molar-refractivity contribution in [2.45, 2.75) is 46.1 Å². The second kappa shape index (κ2) is 4.66. The minimum absolute atomic E-state index is 0.107. The molecule has 0 unspecified atom stereocenters. The molecule has 0 atom stereocenters. The van der Waals surface area contributed by atoms with E-state index in [1.807, 2.05) is 13.8 Å². The van der Waals surface area contributed by atoms with Crippen LogP contribution in [0.15, 0.2) is 0 Å². The van der Waals surface area contributed by atoms with E-state index in [9.17, 15) is 4.79 Å². The zero-order valence-corrected chi connectivity index (χ0v) is 13.6. The lowest BCUT2D eigenvalue weighted by Crippen LogP contribution is -2.45. The van der Waals surface area contributed by atoms with Gasteiger partial charge in [0.15, 0.2) is 0 Å². The van der Waals surface area contributed by atoms with Gasteiger partial charge in [0.2, 0.25) is 0 Å². The topological polar surface area (TPSA) is 80.9 Å². The average molecular weight is 304 g/mol. The second-order valence-corrected chi connectivity index (χ2v) is 7.38. The lowest BCUT2D eigenvalue weighted by atomic mass is 9.98. The van der Waals surface area contributed by atoms with Crippen molar-refractivity contribution < 1.29 is 4.79 Å². The largest absolute Gasteiger partial charge is 0.397 e. The van der Waals surface area contributed by atoms with E-state index in [1.54, 1.807) is 0 Å². The third-order valence-corrected chi connectivity index (χ3v) is 5.46. The molecule has 6 heteroatoms. The smallest absolute Gasteiger partial charge is 0.263 e. The van der Waals surface area contributed by atoms with E-state index in [2.05, 4.69) is 29.4 Å². The van der Waals surface area contributed by atoms with Gasteiger partial charge in [0, 0.05) is 10.9 Å². The van der Waals surface area contributed by atoms with Crippen molar-refractivity contribution in [3.63, 3.8) is 0 Å². The van der Waals surface area contributed by atoms with Gasteiger partial charge in [-0.1, -0.05) is 0 Å². The van der Waals surface area contributed by atoms with Crippen molar-refractivity contribution in [1.82, 2.24) is 15.5 Å². The summed E-state index contributed by atoms with van der Waals surface area (Å²) in [5.74, 6) is 0.463. The molecular weight excluding hydrogens is 284 g/mol. The Morgan fingerprint density at radius 3 is 2.62 bits per heavy atom. The first-order valence-electron chi connectivity index (χ1n) is 7.15. The number of nitrogen functional groups attached to an aromatic ring is 1. The summed E-state index contributed by atoms with van der Waals surface area (Å²) in [5.41, 5.74) is 8.38. The fourth-order valence-electron chi connectivity index (χ4n) is 2.67. The van der Waals surface area contributed by atoms with Crippen LogP contribution in [-0.4, -0.2) is 21.6 Å². The predicted octanol–water partition coefficient (Wildman–Crippen LogP) is 2.81. The molecule has 5 nitrogen and oxygen atoms in total. The van der Waals surface area contributed by atoms with Crippen LogP contribution in [0.4, 0.5) is 5.69 Å². The van der Waals surface area contributed by atoms with Gasteiger partial charge in [-0.3, -0.25) is 4.79 Å². The minimum Gasteiger partial charge on any atom is -0.397 e. The molecule has 2 aromatic heterocycles. The molecule has 0 bridgehead atoms. The van der Waals surface area contributed by atoms with E-state index >= 15 is 0 Å². The standard InChI is InChI=1S/C15H20N4OS/c1-7-8(2)18-19-14-10(7)11(16)12(21-14)13(20)17-15(3,4)9-5-6-9/h9H,5-6,16H2,1-4H3,(H,17,20). The number of nitrogens with one attached hydrogen (secondary N) is 1. The monoisotopic (exact) mass is 304 g/mol. The fraction of sp³-hybridized carbons (Fsp3) is 0.533. The van der Waals surface area contributed by atoms with Gasteiger partial charge in [0.05, 0.1) is 11.4 Å². The van der Waals surface area contributed by atoms with Crippen LogP contribution < -0.4 is 11.1 Å². The molecule has 112 valence electrons. The van der Waals surface area contributed by atoms with Crippen molar-refractivity contribution >= 4 is 33.1 Å². The number of hydrogen-bond donors (Lipinski definition) is 2. The van der Waals surface area contributed by atoms with Crippen LogP contribution >= 0.6 is 11.3 Å². The normalized spacial score (nSPS) is 15.4. The summed E-state index contributed by atoms with van der Waals surface area (Å²) in [6.07, 6.45) is 2.36. The molecule has 2 heterocycles. The van der Waals surface area contributed by atoms with Crippen LogP contribution in [0.25, 0.3) is 10.2 Å². The van der Waals surface area contributed by atoms with Crippen molar-refractivity contribution in [2.24, 2.45) is 5.92 Å². The highest BCUT2D eigenvalue weighted by Gasteiger charge is 2.39. The van der Waals surface area contributed by atoms with Gasteiger partial charge >= 0.3 is 0 Å². The van der Waals surface area contributed by atoms with E-state index in [-0.39, 0.29) is 11.4 Å². The van der Waals surface area contributed by atoms with Gasteiger partial charge in [-0.15, -0.1) is 16.4 Å². The lowest BCUT2D eigenvalue weighted by Gasteiger charge is -2.25. The highest BCUT2D eigenvalue weighted by atomic mass is 32.1. The number of rotatable bonds is 3. The number of fused-ring (bicyclic) bond motifs is 1. The number of carbonyl (C=O) groups is 1. The van der Waals surface area contributed by atoms with E-state index < -0.39 is 0 Å². The van der Waals surface area contributed by atoms with Crippen molar-refractivity contribution in [3.05, 3.63) is 16.1 Å². The zero-order chi connectivity index (χ0) is 15.4. The maximum atomic E-state index is 12.6. The van der Waals surface area contributed by atoms with E-state index in [1.165, 1.54) is 24.2 Å². The summed E-state index contributed by atoms with van der Waals surface area (Å²) < 4.78 is 0. The van der Waals surface area contributed by atoms with Crippen LogP contribution in [0.3, 0.4) is 0 Å². The van der Waals surface area contributed by atoms with Crippen LogP contribution in [0.2, 0.25) is 0 Å². The molecule has 0 aliphatic heterocycles. The molecule has 1 aliphatic rings. The molecule has 0 saturated heterocycles. The Kier molecular flexibility index (Phi) is 3.16. The molecule has 3 N–H and O–H groups in total. The summed E-state index contributed by atoms with van der Waals surface area (Å²) in [7, 11) is 0. The number of thiophene rings is 1. The number of nitrogens with zero attached hydrogens (tertiary/aromatic N) is 2. The summed E-state index contributed by atoms with van der Waals surface area (Å²) in [5, 5.41) is 12.2. The molecule has 1 saturated carbocycles. The van der Waals surface area contributed by atoms with Crippen LogP contribution in [0.1, 0.15) is 47.6 Å². The maximum absolute atomic E-state index is 12.6. The maximum Gasteiger partial charge on any atom is 0.263 e. The van der Waals surface area contributed by atoms with Gasteiger partial charge in [0.1, 0.15) is 9.71 Å². The number of carbonyl (C=O) groups excluding carboxylic acids is 1. The minimum atomic E-state index is -0.184. The van der Waals surface area contributed by atoms with E-state index in [0.29, 0.717) is 16.5 Å².